The third kappa shape index (κ3) is 3.80. The van der Waals surface area contributed by atoms with Gasteiger partial charge in [0.2, 0.25) is 5.91 Å². The van der Waals surface area contributed by atoms with Gasteiger partial charge < -0.3 is 10.2 Å². The fraction of sp³-hybridized carbons (Fsp3) is 0.714. The number of hydrogen-bond acceptors (Lipinski definition) is 4. The summed E-state index contributed by atoms with van der Waals surface area (Å²) in [5.74, 6) is -0.0978. The molecule has 0 aliphatic carbocycles. The standard InChI is InChI=1S/C14H23N5O2/c1-10(8-18-7-5-6-12(18)20)15-13(21)11-9-19(17-16-11)14(2,3)4/h9-10H,5-8H2,1-4H3,(H,15,21). The first-order chi connectivity index (χ1) is 9.77. The smallest absolute Gasteiger partial charge is 0.273 e. The zero-order valence-corrected chi connectivity index (χ0v) is 13.1. The maximum Gasteiger partial charge on any atom is 0.273 e. The molecule has 0 bridgehead atoms. The highest BCUT2D eigenvalue weighted by atomic mass is 16.2. The summed E-state index contributed by atoms with van der Waals surface area (Å²) in [7, 11) is 0. The fourth-order valence-electron chi connectivity index (χ4n) is 2.27. The van der Waals surface area contributed by atoms with Crippen molar-refractivity contribution in [3.8, 4) is 0 Å². The molecule has 1 unspecified atom stereocenters. The predicted octanol–water partition coefficient (Wildman–Crippen LogP) is 0.774. The summed E-state index contributed by atoms with van der Waals surface area (Å²) in [5.41, 5.74) is 0.0866. The Morgan fingerprint density at radius 2 is 2.19 bits per heavy atom. The van der Waals surface area contributed by atoms with Gasteiger partial charge in [-0.3, -0.25) is 9.59 Å². The zero-order chi connectivity index (χ0) is 15.6. The third-order valence-corrected chi connectivity index (χ3v) is 3.46. The lowest BCUT2D eigenvalue weighted by Crippen LogP contribution is -2.42. The lowest BCUT2D eigenvalue weighted by molar-refractivity contribution is -0.127. The van der Waals surface area contributed by atoms with Crippen LogP contribution in [0.1, 0.15) is 51.0 Å². The van der Waals surface area contributed by atoms with Crippen LogP contribution in [0.5, 0.6) is 0 Å². The van der Waals surface area contributed by atoms with Crippen molar-refractivity contribution in [3.63, 3.8) is 0 Å². The Kier molecular flexibility index (Phi) is 4.29. The van der Waals surface area contributed by atoms with Crippen LogP contribution in [0, 0.1) is 0 Å². The van der Waals surface area contributed by atoms with Gasteiger partial charge in [-0.15, -0.1) is 5.10 Å². The predicted molar refractivity (Wildman–Crippen MR) is 77.8 cm³/mol. The number of aromatic nitrogens is 3. The average Bonchev–Trinajstić information content (AvgIpc) is 2.98. The molecule has 1 fully saturated rings. The topological polar surface area (TPSA) is 80.1 Å². The van der Waals surface area contributed by atoms with E-state index in [-0.39, 0.29) is 23.4 Å². The van der Waals surface area contributed by atoms with Crippen LogP contribution in [0.25, 0.3) is 0 Å². The first-order valence-corrected chi connectivity index (χ1v) is 7.29. The summed E-state index contributed by atoms with van der Waals surface area (Å²) in [6.07, 6.45) is 3.16. The number of likely N-dealkylation sites (tertiary alicyclic amines) is 1. The molecule has 1 N–H and O–H groups in total. The summed E-state index contributed by atoms with van der Waals surface area (Å²) in [4.78, 5) is 25.5. The van der Waals surface area contributed by atoms with Crippen LogP contribution in [0.15, 0.2) is 6.20 Å². The van der Waals surface area contributed by atoms with Crippen molar-refractivity contribution in [2.24, 2.45) is 0 Å². The molecule has 0 spiro atoms. The van der Waals surface area contributed by atoms with Gasteiger partial charge in [0.05, 0.1) is 11.7 Å². The van der Waals surface area contributed by atoms with E-state index in [1.807, 2.05) is 27.7 Å². The summed E-state index contributed by atoms with van der Waals surface area (Å²) in [5, 5.41) is 10.7. The molecule has 0 aromatic carbocycles. The summed E-state index contributed by atoms with van der Waals surface area (Å²) in [6, 6.07) is -0.112. The molecular formula is C14H23N5O2. The van der Waals surface area contributed by atoms with E-state index >= 15 is 0 Å². The van der Waals surface area contributed by atoms with Crippen LogP contribution < -0.4 is 5.32 Å². The normalized spacial score (nSPS) is 17.1. The van der Waals surface area contributed by atoms with Crippen LogP contribution in [0.4, 0.5) is 0 Å². The van der Waals surface area contributed by atoms with E-state index in [9.17, 15) is 9.59 Å². The van der Waals surface area contributed by atoms with Gasteiger partial charge in [-0.25, -0.2) is 4.68 Å². The molecule has 7 heteroatoms. The second-order valence-corrected chi connectivity index (χ2v) is 6.54. The number of carbonyl (C=O) groups is 2. The SMILES string of the molecule is CC(CN1CCCC1=O)NC(=O)c1cn(C(C)(C)C)nn1. The van der Waals surface area contributed by atoms with E-state index in [1.54, 1.807) is 15.8 Å². The Bertz CT molecular complexity index is 532. The lowest BCUT2D eigenvalue weighted by atomic mass is 10.1. The minimum atomic E-state index is -0.260. The van der Waals surface area contributed by atoms with E-state index in [4.69, 9.17) is 0 Å². The van der Waals surface area contributed by atoms with Crippen molar-refractivity contribution in [1.82, 2.24) is 25.2 Å². The van der Waals surface area contributed by atoms with Crippen LogP contribution in [-0.2, 0) is 10.3 Å². The van der Waals surface area contributed by atoms with Gasteiger partial charge >= 0.3 is 0 Å². The Morgan fingerprint density at radius 1 is 1.48 bits per heavy atom. The van der Waals surface area contributed by atoms with Crippen LogP contribution in [0.3, 0.4) is 0 Å². The van der Waals surface area contributed by atoms with Gasteiger partial charge in [0.15, 0.2) is 5.69 Å². The Balaban J connectivity index is 1.91. The highest BCUT2D eigenvalue weighted by Crippen LogP contribution is 2.12. The molecule has 7 nitrogen and oxygen atoms in total. The van der Waals surface area contributed by atoms with Gasteiger partial charge in [0.1, 0.15) is 0 Å². The Hall–Kier alpha value is -1.92. The maximum atomic E-state index is 12.1. The Morgan fingerprint density at radius 3 is 2.71 bits per heavy atom. The number of carbonyl (C=O) groups excluding carboxylic acids is 2. The van der Waals surface area contributed by atoms with Gasteiger partial charge in [0, 0.05) is 25.6 Å². The number of hydrogen-bond donors (Lipinski definition) is 1. The molecule has 0 saturated carbocycles. The van der Waals surface area contributed by atoms with Crippen molar-refractivity contribution in [3.05, 3.63) is 11.9 Å². The number of nitrogens with zero attached hydrogens (tertiary/aromatic N) is 4. The summed E-state index contributed by atoms with van der Waals surface area (Å²) in [6.45, 7) is 9.18. The number of rotatable bonds is 4. The van der Waals surface area contributed by atoms with Crippen molar-refractivity contribution in [2.45, 2.75) is 52.1 Å². The van der Waals surface area contributed by atoms with Crippen molar-refractivity contribution >= 4 is 11.8 Å². The van der Waals surface area contributed by atoms with E-state index in [0.717, 1.165) is 13.0 Å². The molecule has 2 amide bonds. The van der Waals surface area contributed by atoms with E-state index in [0.29, 0.717) is 18.7 Å². The monoisotopic (exact) mass is 293 g/mol. The first-order valence-electron chi connectivity index (χ1n) is 7.29. The summed E-state index contributed by atoms with van der Waals surface area (Å²) >= 11 is 0. The molecule has 21 heavy (non-hydrogen) atoms. The molecule has 0 radical (unpaired) electrons. The largest absolute Gasteiger partial charge is 0.346 e. The van der Waals surface area contributed by atoms with Crippen LogP contribution in [0.2, 0.25) is 0 Å². The second kappa shape index (κ2) is 5.83. The minimum Gasteiger partial charge on any atom is -0.346 e. The highest BCUT2D eigenvalue weighted by Gasteiger charge is 2.23. The van der Waals surface area contributed by atoms with Gasteiger partial charge in [-0.2, -0.15) is 0 Å². The molecule has 1 aromatic heterocycles. The van der Waals surface area contributed by atoms with Crippen molar-refractivity contribution in [2.75, 3.05) is 13.1 Å². The molecule has 1 saturated heterocycles. The van der Waals surface area contributed by atoms with E-state index in [2.05, 4.69) is 15.6 Å². The average molecular weight is 293 g/mol. The quantitative estimate of drug-likeness (QED) is 0.889. The number of nitrogens with one attached hydrogen (secondary N) is 1. The van der Waals surface area contributed by atoms with Crippen LogP contribution >= 0.6 is 0 Å². The third-order valence-electron chi connectivity index (χ3n) is 3.46. The van der Waals surface area contributed by atoms with Crippen molar-refractivity contribution < 1.29 is 9.59 Å². The van der Waals surface area contributed by atoms with Gasteiger partial charge in [0.25, 0.3) is 5.91 Å². The second-order valence-electron chi connectivity index (χ2n) is 6.54. The molecule has 2 heterocycles. The molecule has 1 atom stereocenters. The Labute approximate surface area is 124 Å². The molecule has 1 aromatic rings. The first kappa shape index (κ1) is 15.5. The highest BCUT2D eigenvalue weighted by molar-refractivity contribution is 5.92. The van der Waals surface area contributed by atoms with Gasteiger partial charge in [-0.05, 0) is 34.1 Å². The molecule has 2 rings (SSSR count). The van der Waals surface area contributed by atoms with Crippen molar-refractivity contribution in [1.29, 1.82) is 0 Å². The molecule has 116 valence electrons. The maximum absolute atomic E-state index is 12.1. The van der Waals surface area contributed by atoms with Gasteiger partial charge in [-0.1, -0.05) is 5.21 Å². The fourth-order valence-corrected chi connectivity index (χ4v) is 2.27. The van der Waals surface area contributed by atoms with Crippen LogP contribution in [-0.4, -0.2) is 50.8 Å². The zero-order valence-electron chi connectivity index (χ0n) is 13.1. The molecular weight excluding hydrogens is 270 g/mol. The summed E-state index contributed by atoms with van der Waals surface area (Å²) < 4.78 is 1.66. The molecule has 1 aliphatic rings. The minimum absolute atomic E-state index is 0.112. The van der Waals surface area contributed by atoms with E-state index in [1.165, 1.54) is 0 Å². The molecule has 1 aliphatic heterocycles. The lowest BCUT2D eigenvalue weighted by Gasteiger charge is -2.21. The van der Waals surface area contributed by atoms with E-state index < -0.39 is 0 Å². The number of amides is 2.